The molecule has 92 valence electrons. The van der Waals surface area contributed by atoms with E-state index in [4.69, 9.17) is 0 Å². The van der Waals surface area contributed by atoms with Crippen LogP contribution in [-0.4, -0.2) is 28.5 Å². The van der Waals surface area contributed by atoms with Crippen molar-refractivity contribution >= 4 is 5.91 Å². The maximum absolute atomic E-state index is 11.4. The molecule has 2 N–H and O–H groups in total. The molecule has 5 heteroatoms. The first-order valence-corrected chi connectivity index (χ1v) is 6.10. The van der Waals surface area contributed by atoms with Gasteiger partial charge in [0.2, 0.25) is 5.91 Å². The number of carbonyl (C=O) groups is 1. The van der Waals surface area contributed by atoms with E-state index in [9.17, 15) is 4.79 Å². The molecule has 0 radical (unpaired) electrons. The van der Waals surface area contributed by atoms with Crippen molar-refractivity contribution in [2.45, 2.75) is 38.3 Å². The number of aromatic nitrogens is 2. The van der Waals surface area contributed by atoms with E-state index in [1.54, 1.807) is 18.5 Å². The Morgan fingerprint density at radius 1 is 1.35 bits per heavy atom. The van der Waals surface area contributed by atoms with Gasteiger partial charge in [-0.2, -0.15) is 0 Å². The Morgan fingerprint density at radius 2 is 2.12 bits per heavy atom. The van der Waals surface area contributed by atoms with Crippen molar-refractivity contribution in [2.75, 3.05) is 6.54 Å². The second kappa shape index (κ2) is 6.30. The predicted octanol–water partition coefficient (Wildman–Crippen LogP) is 0.625. The summed E-state index contributed by atoms with van der Waals surface area (Å²) in [5.74, 6) is 0.959. The molecule has 0 saturated heterocycles. The van der Waals surface area contributed by atoms with Gasteiger partial charge in [-0.25, -0.2) is 9.97 Å². The molecule has 5 nitrogen and oxygen atoms in total. The van der Waals surface area contributed by atoms with Gasteiger partial charge in [0.15, 0.2) is 0 Å². The highest BCUT2D eigenvalue weighted by Crippen LogP contribution is 2.18. The second-order valence-corrected chi connectivity index (χ2v) is 4.29. The molecule has 1 aromatic rings. The van der Waals surface area contributed by atoms with E-state index < -0.39 is 0 Å². The number of hydrogen-bond acceptors (Lipinski definition) is 4. The zero-order valence-corrected chi connectivity index (χ0v) is 9.85. The first-order chi connectivity index (χ1) is 8.34. The summed E-state index contributed by atoms with van der Waals surface area (Å²) in [6.07, 6.45) is 7.20. The normalized spacial score (nSPS) is 14.6. The summed E-state index contributed by atoms with van der Waals surface area (Å²) in [5.41, 5.74) is 0. The van der Waals surface area contributed by atoms with Crippen LogP contribution in [0.5, 0.6) is 0 Å². The lowest BCUT2D eigenvalue weighted by Gasteiger charge is -2.04. The Balaban J connectivity index is 1.50. The Bertz CT molecular complexity index is 351. The van der Waals surface area contributed by atoms with E-state index in [1.807, 2.05) is 0 Å². The smallest absolute Gasteiger partial charge is 0.220 e. The summed E-state index contributed by atoms with van der Waals surface area (Å²) in [6, 6.07) is 2.26. The molecule has 1 aliphatic rings. The van der Waals surface area contributed by atoms with E-state index in [1.165, 1.54) is 0 Å². The molecule has 0 bridgehead atoms. The van der Waals surface area contributed by atoms with Crippen LogP contribution in [0.25, 0.3) is 0 Å². The fourth-order valence-corrected chi connectivity index (χ4v) is 1.52. The van der Waals surface area contributed by atoms with E-state index in [0.29, 0.717) is 19.0 Å². The van der Waals surface area contributed by atoms with Crippen LogP contribution in [0.1, 0.15) is 31.5 Å². The minimum Gasteiger partial charge on any atom is -0.353 e. The number of nitrogens with zero attached hydrogens (tertiary/aromatic N) is 2. The molecule has 1 amide bonds. The quantitative estimate of drug-likeness (QED) is 0.679. The maximum Gasteiger partial charge on any atom is 0.220 e. The number of hydrogen-bond donors (Lipinski definition) is 2. The summed E-state index contributed by atoms with van der Waals surface area (Å²) in [5, 5.41) is 6.19. The molecule has 1 aromatic heterocycles. The lowest BCUT2D eigenvalue weighted by molar-refractivity contribution is -0.121. The van der Waals surface area contributed by atoms with Crippen LogP contribution in [0.3, 0.4) is 0 Å². The molecule has 1 heterocycles. The Kier molecular flexibility index (Phi) is 4.44. The van der Waals surface area contributed by atoms with Gasteiger partial charge in [0.1, 0.15) is 5.82 Å². The SMILES string of the molecule is O=C(CCCNCc1ncccn1)NC1CC1. The van der Waals surface area contributed by atoms with Gasteiger partial charge in [-0.15, -0.1) is 0 Å². The third-order valence-corrected chi connectivity index (χ3v) is 2.60. The zero-order chi connectivity index (χ0) is 11.9. The number of rotatable bonds is 7. The molecule has 1 aliphatic carbocycles. The second-order valence-electron chi connectivity index (χ2n) is 4.29. The third kappa shape index (κ3) is 4.91. The monoisotopic (exact) mass is 234 g/mol. The molecule has 1 saturated carbocycles. The lowest BCUT2D eigenvalue weighted by Crippen LogP contribution is -2.26. The molecular weight excluding hydrogens is 216 g/mol. The van der Waals surface area contributed by atoms with Crippen LogP contribution in [0.2, 0.25) is 0 Å². The van der Waals surface area contributed by atoms with E-state index in [2.05, 4.69) is 20.6 Å². The third-order valence-electron chi connectivity index (χ3n) is 2.60. The van der Waals surface area contributed by atoms with Crippen molar-refractivity contribution in [3.8, 4) is 0 Å². The molecule has 17 heavy (non-hydrogen) atoms. The number of amides is 1. The van der Waals surface area contributed by atoms with Crippen LogP contribution in [0.4, 0.5) is 0 Å². The Hall–Kier alpha value is -1.49. The highest BCUT2D eigenvalue weighted by Gasteiger charge is 2.22. The van der Waals surface area contributed by atoms with Gasteiger partial charge in [0, 0.05) is 24.9 Å². The number of carbonyl (C=O) groups excluding carboxylic acids is 1. The van der Waals surface area contributed by atoms with Crippen molar-refractivity contribution in [1.29, 1.82) is 0 Å². The first kappa shape index (κ1) is 12.0. The topological polar surface area (TPSA) is 66.9 Å². The van der Waals surface area contributed by atoms with Gasteiger partial charge >= 0.3 is 0 Å². The predicted molar refractivity (Wildman–Crippen MR) is 64.1 cm³/mol. The summed E-state index contributed by atoms with van der Waals surface area (Å²) >= 11 is 0. The van der Waals surface area contributed by atoms with Gasteiger partial charge < -0.3 is 10.6 Å². The maximum atomic E-state index is 11.4. The molecule has 0 atom stereocenters. The Morgan fingerprint density at radius 3 is 2.82 bits per heavy atom. The van der Waals surface area contributed by atoms with E-state index in [-0.39, 0.29) is 5.91 Å². The van der Waals surface area contributed by atoms with Crippen molar-refractivity contribution in [3.63, 3.8) is 0 Å². The van der Waals surface area contributed by atoms with E-state index >= 15 is 0 Å². The van der Waals surface area contributed by atoms with Crippen LogP contribution in [0.15, 0.2) is 18.5 Å². The summed E-state index contributed by atoms with van der Waals surface area (Å²) in [7, 11) is 0. The highest BCUT2D eigenvalue weighted by atomic mass is 16.1. The van der Waals surface area contributed by atoms with Gasteiger partial charge in [-0.05, 0) is 31.9 Å². The molecule has 0 spiro atoms. The molecule has 2 rings (SSSR count). The van der Waals surface area contributed by atoms with Gasteiger partial charge in [0.25, 0.3) is 0 Å². The fourth-order valence-electron chi connectivity index (χ4n) is 1.52. The zero-order valence-electron chi connectivity index (χ0n) is 9.85. The van der Waals surface area contributed by atoms with Crippen LogP contribution in [0, 0.1) is 0 Å². The molecule has 1 fully saturated rings. The first-order valence-electron chi connectivity index (χ1n) is 6.10. The molecule has 0 unspecified atom stereocenters. The van der Waals surface area contributed by atoms with Crippen molar-refractivity contribution in [2.24, 2.45) is 0 Å². The fraction of sp³-hybridized carbons (Fsp3) is 0.583. The average molecular weight is 234 g/mol. The largest absolute Gasteiger partial charge is 0.353 e. The van der Waals surface area contributed by atoms with Crippen molar-refractivity contribution in [1.82, 2.24) is 20.6 Å². The standard InChI is InChI=1S/C12H18N4O/c17-12(16-10-4-5-10)3-1-6-13-9-11-14-7-2-8-15-11/h2,7-8,10,13H,1,3-6,9H2,(H,16,17). The van der Waals surface area contributed by atoms with Crippen molar-refractivity contribution in [3.05, 3.63) is 24.3 Å². The Labute approximate surface area is 101 Å². The van der Waals surface area contributed by atoms with Gasteiger partial charge in [-0.1, -0.05) is 0 Å². The highest BCUT2D eigenvalue weighted by molar-refractivity contribution is 5.76. The summed E-state index contributed by atoms with van der Waals surface area (Å²) in [4.78, 5) is 19.6. The van der Waals surface area contributed by atoms with Crippen LogP contribution in [-0.2, 0) is 11.3 Å². The van der Waals surface area contributed by atoms with Gasteiger partial charge in [0.05, 0.1) is 6.54 Å². The summed E-state index contributed by atoms with van der Waals surface area (Å²) in [6.45, 7) is 1.47. The lowest BCUT2D eigenvalue weighted by atomic mass is 10.3. The van der Waals surface area contributed by atoms with Crippen molar-refractivity contribution < 1.29 is 4.79 Å². The number of nitrogens with one attached hydrogen (secondary N) is 2. The van der Waals surface area contributed by atoms with Gasteiger partial charge in [-0.3, -0.25) is 4.79 Å². The minimum absolute atomic E-state index is 0.172. The molecular formula is C12H18N4O. The summed E-state index contributed by atoms with van der Waals surface area (Å²) < 4.78 is 0. The van der Waals surface area contributed by atoms with Crippen LogP contribution >= 0.6 is 0 Å². The van der Waals surface area contributed by atoms with E-state index in [0.717, 1.165) is 31.6 Å². The minimum atomic E-state index is 0.172. The average Bonchev–Trinajstić information content (AvgIpc) is 3.14. The molecule has 0 aliphatic heterocycles. The molecule has 0 aromatic carbocycles. The van der Waals surface area contributed by atoms with Crippen LogP contribution < -0.4 is 10.6 Å².